The molecule has 0 aliphatic carbocycles. The van der Waals surface area contributed by atoms with E-state index in [1.807, 2.05) is 6.26 Å². The van der Waals surface area contributed by atoms with Crippen molar-refractivity contribution in [1.29, 1.82) is 0 Å². The van der Waals surface area contributed by atoms with Gasteiger partial charge in [0.1, 0.15) is 5.52 Å². The van der Waals surface area contributed by atoms with Crippen molar-refractivity contribution >= 4 is 51.8 Å². The summed E-state index contributed by atoms with van der Waals surface area (Å²) in [5.74, 6) is 0.338. The van der Waals surface area contributed by atoms with E-state index < -0.39 is 0 Å². The number of hydrogen-bond acceptors (Lipinski definition) is 6. The fourth-order valence-corrected chi connectivity index (χ4v) is 3.04. The van der Waals surface area contributed by atoms with Crippen LogP contribution in [0.3, 0.4) is 0 Å². The fraction of sp³-hybridized carbons (Fsp3) is 0.0714. The van der Waals surface area contributed by atoms with Gasteiger partial charge in [0, 0.05) is 11.2 Å². The Hall–Kier alpha value is -2.16. The highest BCUT2D eigenvalue weighted by molar-refractivity contribution is 7.98. The average molecular weight is 379 g/mol. The molecule has 4 rings (SSSR count). The maximum absolute atomic E-state index is 12.8. The maximum Gasteiger partial charge on any atom is 0.285 e. The van der Waals surface area contributed by atoms with Gasteiger partial charge < -0.3 is 0 Å². The molecular weight excluding hydrogens is 371 g/mol. The molecule has 0 bridgehead atoms. The summed E-state index contributed by atoms with van der Waals surface area (Å²) < 4.78 is 2.88. The Balaban J connectivity index is 2.03. The van der Waals surface area contributed by atoms with Crippen LogP contribution in [0.5, 0.6) is 0 Å². The molecule has 0 radical (unpaired) electrons. The van der Waals surface area contributed by atoms with E-state index in [2.05, 4.69) is 20.3 Å². The number of rotatable bonds is 2. The van der Waals surface area contributed by atoms with Crippen molar-refractivity contribution in [3.05, 3.63) is 50.9 Å². The van der Waals surface area contributed by atoms with Crippen LogP contribution < -0.4 is 5.56 Å². The van der Waals surface area contributed by atoms with E-state index >= 15 is 0 Å². The van der Waals surface area contributed by atoms with Gasteiger partial charge in [-0.25, -0.2) is 0 Å². The molecule has 3 aromatic heterocycles. The van der Waals surface area contributed by atoms with Gasteiger partial charge in [0.15, 0.2) is 5.52 Å². The number of pyridine rings is 1. The molecule has 0 aliphatic rings. The van der Waals surface area contributed by atoms with E-state index in [4.69, 9.17) is 23.2 Å². The molecule has 120 valence electrons. The van der Waals surface area contributed by atoms with Crippen LogP contribution in [-0.4, -0.2) is 35.6 Å². The second kappa shape index (κ2) is 5.73. The van der Waals surface area contributed by atoms with Crippen LogP contribution in [0, 0.1) is 0 Å². The number of thioether (sulfide) groups is 1. The topological polar surface area (TPSA) is 78.0 Å². The summed E-state index contributed by atoms with van der Waals surface area (Å²) in [5, 5.41) is 13.7. The molecular formula is C14H8Cl2N6OS. The van der Waals surface area contributed by atoms with Gasteiger partial charge in [-0.3, -0.25) is 9.36 Å². The minimum absolute atomic E-state index is 0.165. The monoisotopic (exact) mass is 378 g/mol. The minimum atomic E-state index is -0.368. The molecule has 0 fully saturated rings. The SMILES string of the molecule is CSc1nc2nnc3c(=O)n(-c4cc(Cl)ccc4Cl)ccc3n2n1. The molecule has 0 N–H and O–H groups in total. The van der Waals surface area contributed by atoms with Crippen molar-refractivity contribution < 1.29 is 0 Å². The minimum Gasteiger partial charge on any atom is -0.281 e. The Kier molecular flexibility index (Phi) is 3.67. The number of benzene rings is 1. The van der Waals surface area contributed by atoms with E-state index in [0.29, 0.717) is 32.2 Å². The van der Waals surface area contributed by atoms with Gasteiger partial charge in [0.2, 0.25) is 5.16 Å². The Morgan fingerprint density at radius 3 is 2.79 bits per heavy atom. The highest BCUT2D eigenvalue weighted by atomic mass is 35.5. The summed E-state index contributed by atoms with van der Waals surface area (Å²) in [7, 11) is 0. The molecule has 0 unspecified atom stereocenters. The average Bonchev–Trinajstić information content (AvgIpc) is 3.01. The molecule has 24 heavy (non-hydrogen) atoms. The Bertz CT molecular complexity index is 1160. The van der Waals surface area contributed by atoms with Gasteiger partial charge in [-0.15, -0.1) is 15.3 Å². The summed E-state index contributed by atoms with van der Waals surface area (Å²) in [6, 6.07) is 6.62. The second-order valence-electron chi connectivity index (χ2n) is 4.83. The highest BCUT2D eigenvalue weighted by Crippen LogP contribution is 2.24. The largest absolute Gasteiger partial charge is 0.285 e. The van der Waals surface area contributed by atoms with Crippen molar-refractivity contribution in [3.8, 4) is 5.69 Å². The number of aromatic nitrogens is 6. The van der Waals surface area contributed by atoms with Crippen LogP contribution in [0.25, 0.3) is 22.5 Å². The van der Waals surface area contributed by atoms with E-state index in [0.717, 1.165) is 0 Å². The molecule has 0 saturated heterocycles. The molecule has 0 aliphatic heterocycles. The normalized spacial score (nSPS) is 11.5. The molecule has 3 heterocycles. The lowest BCUT2D eigenvalue weighted by atomic mass is 10.3. The molecule has 0 saturated carbocycles. The lowest BCUT2D eigenvalue weighted by Gasteiger charge is -2.09. The standard InChI is InChI=1S/C14H8Cl2N6OS/c1-24-14-17-13-19-18-11-9(22(13)20-14)4-5-21(12(11)23)10-6-7(15)2-3-8(10)16/h2-6H,1H3. The first-order valence-electron chi connectivity index (χ1n) is 6.73. The summed E-state index contributed by atoms with van der Waals surface area (Å²) in [5.41, 5.74) is 0.791. The Labute approximate surface area is 149 Å². The van der Waals surface area contributed by atoms with Crippen LogP contribution in [0.2, 0.25) is 10.0 Å². The number of fused-ring (bicyclic) bond motifs is 3. The van der Waals surface area contributed by atoms with E-state index in [9.17, 15) is 4.79 Å². The molecule has 4 aromatic rings. The van der Waals surface area contributed by atoms with Gasteiger partial charge in [-0.2, -0.15) is 9.50 Å². The van der Waals surface area contributed by atoms with E-state index in [1.165, 1.54) is 20.8 Å². The van der Waals surface area contributed by atoms with Crippen LogP contribution in [-0.2, 0) is 0 Å². The first-order chi connectivity index (χ1) is 11.6. The summed E-state index contributed by atoms with van der Waals surface area (Å²) in [6.07, 6.45) is 3.46. The van der Waals surface area contributed by atoms with Gasteiger partial charge in [0.25, 0.3) is 11.3 Å². The predicted molar refractivity (Wildman–Crippen MR) is 93.5 cm³/mol. The molecule has 0 spiro atoms. The zero-order chi connectivity index (χ0) is 16.8. The van der Waals surface area contributed by atoms with Crippen LogP contribution in [0.4, 0.5) is 0 Å². The predicted octanol–water partition coefficient (Wildman–Crippen LogP) is 2.85. The Morgan fingerprint density at radius 2 is 2.00 bits per heavy atom. The fourth-order valence-electron chi connectivity index (χ4n) is 2.33. The summed E-state index contributed by atoms with van der Waals surface area (Å²) >= 11 is 13.6. The zero-order valence-electron chi connectivity index (χ0n) is 12.1. The van der Waals surface area contributed by atoms with Gasteiger partial charge in [0.05, 0.1) is 10.7 Å². The molecule has 1 aromatic carbocycles. The van der Waals surface area contributed by atoms with Crippen molar-refractivity contribution in [1.82, 2.24) is 29.4 Å². The van der Waals surface area contributed by atoms with Crippen LogP contribution in [0.15, 0.2) is 40.4 Å². The van der Waals surface area contributed by atoms with Crippen molar-refractivity contribution in [2.45, 2.75) is 5.16 Å². The third kappa shape index (κ3) is 2.34. The van der Waals surface area contributed by atoms with E-state index in [-0.39, 0.29) is 11.1 Å². The lowest BCUT2D eigenvalue weighted by Crippen LogP contribution is -2.20. The van der Waals surface area contributed by atoms with E-state index in [1.54, 1.807) is 30.5 Å². The first kappa shape index (κ1) is 15.4. The maximum atomic E-state index is 12.8. The van der Waals surface area contributed by atoms with Crippen LogP contribution in [0.1, 0.15) is 0 Å². The quantitative estimate of drug-likeness (QED) is 0.499. The van der Waals surface area contributed by atoms with Crippen molar-refractivity contribution in [2.75, 3.05) is 6.26 Å². The molecule has 7 nitrogen and oxygen atoms in total. The number of halogens is 2. The number of nitrogens with zero attached hydrogens (tertiary/aromatic N) is 6. The molecule has 0 amide bonds. The third-order valence-corrected chi connectivity index (χ3v) is 4.53. The highest BCUT2D eigenvalue weighted by Gasteiger charge is 2.14. The van der Waals surface area contributed by atoms with Gasteiger partial charge >= 0.3 is 0 Å². The molecule has 10 heteroatoms. The third-order valence-electron chi connectivity index (χ3n) is 3.43. The van der Waals surface area contributed by atoms with Gasteiger partial charge in [-0.1, -0.05) is 35.0 Å². The smallest absolute Gasteiger partial charge is 0.281 e. The van der Waals surface area contributed by atoms with Crippen molar-refractivity contribution in [2.24, 2.45) is 0 Å². The first-order valence-corrected chi connectivity index (χ1v) is 8.71. The number of hydrogen-bond donors (Lipinski definition) is 0. The zero-order valence-corrected chi connectivity index (χ0v) is 14.5. The summed E-state index contributed by atoms with van der Waals surface area (Å²) in [6.45, 7) is 0. The molecule has 0 atom stereocenters. The summed E-state index contributed by atoms with van der Waals surface area (Å²) in [4.78, 5) is 17.0. The van der Waals surface area contributed by atoms with Crippen molar-refractivity contribution in [3.63, 3.8) is 0 Å². The second-order valence-corrected chi connectivity index (χ2v) is 6.45. The van der Waals surface area contributed by atoms with Crippen LogP contribution >= 0.6 is 35.0 Å². The van der Waals surface area contributed by atoms with Gasteiger partial charge in [-0.05, 0) is 30.5 Å². The lowest BCUT2D eigenvalue weighted by molar-refractivity contribution is 0.885. The Morgan fingerprint density at radius 1 is 1.17 bits per heavy atom.